The van der Waals surface area contributed by atoms with Crippen LogP contribution in [0.25, 0.3) is 0 Å². The van der Waals surface area contributed by atoms with Crippen LogP contribution in [0.3, 0.4) is 0 Å². The molecule has 1 aliphatic heterocycles. The number of carbonyl (C=O) groups excluding carboxylic acids is 2. The van der Waals surface area contributed by atoms with Gasteiger partial charge in [0.1, 0.15) is 11.5 Å². The normalized spacial score (nSPS) is 19.2. The molecule has 1 unspecified atom stereocenters. The van der Waals surface area contributed by atoms with Crippen molar-refractivity contribution in [3.8, 4) is 5.75 Å². The summed E-state index contributed by atoms with van der Waals surface area (Å²) >= 11 is 0. The lowest BCUT2D eigenvalue weighted by molar-refractivity contribution is -0.120. The number of hydrogen-bond acceptors (Lipinski definition) is 5. The summed E-state index contributed by atoms with van der Waals surface area (Å²) in [6, 6.07) is 8.69. The van der Waals surface area contributed by atoms with Gasteiger partial charge in [0.25, 0.3) is 0 Å². The molecule has 6 heteroatoms. The summed E-state index contributed by atoms with van der Waals surface area (Å²) in [4.78, 5) is 23.9. The maximum Gasteiger partial charge on any atom is 0.373 e. The number of rotatable bonds is 4. The van der Waals surface area contributed by atoms with Gasteiger partial charge in [-0.15, -0.1) is 0 Å². The number of carbonyl (C=O) groups is 2. The zero-order valence-electron chi connectivity index (χ0n) is 13.1. The highest BCUT2D eigenvalue weighted by atomic mass is 16.5. The van der Waals surface area contributed by atoms with Crippen molar-refractivity contribution < 1.29 is 23.5 Å². The van der Waals surface area contributed by atoms with Crippen LogP contribution >= 0.6 is 0 Å². The van der Waals surface area contributed by atoms with Crippen molar-refractivity contribution in [3.05, 3.63) is 47.4 Å². The Hall–Kier alpha value is -2.76. The molecule has 2 heterocycles. The van der Waals surface area contributed by atoms with Gasteiger partial charge in [-0.2, -0.15) is 0 Å². The lowest BCUT2D eigenvalue weighted by Gasteiger charge is -2.21. The standard InChI is InChI=1S/C17H17NO5/c1-17(9-11-5-7-14(23-11)15(19)22-3)12-8-10(21-2)4-6-13(12)18-16(17)20/h4-8H,9H2,1-3H3,(H,18,20). The van der Waals surface area contributed by atoms with Gasteiger partial charge in [-0.25, -0.2) is 4.79 Å². The fourth-order valence-electron chi connectivity index (χ4n) is 2.81. The molecule has 0 saturated carbocycles. The summed E-state index contributed by atoms with van der Waals surface area (Å²) in [6.45, 7) is 1.84. The molecule has 1 aromatic heterocycles. The van der Waals surface area contributed by atoms with Crippen molar-refractivity contribution in [2.24, 2.45) is 0 Å². The van der Waals surface area contributed by atoms with Gasteiger partial charge in [-0.3, -0.25) is 4.79 Å². The van der Waals surface area contributed by atoms with E-state index in [1.165, 1.54) is 7.11 Å². The zero-order chi connectivity index (χ0) is 16.6. The Morgan fingerprint density at radius 2 is 2.04 bits per heavy atom. The number of anilines is 1. The van der Waals surface area contributed by atoms with Crippen LogP contribution in [0.5, 0.6) is 5.75 Å². The Kier molecular flexibility index (Phi) is 3.60. The van der Waals surface area contributed by atoms with E-state index in [4.69, 9.17) is 9.15 Å². The summed E-state index contributed by atoms with van der Waals surface area (Å²) < 4.78 is 15.4. The third-order valence-electron chi connectivity index (χ3n) is 4.15. The molecule has 0 radical (unpaired) electrons. The average molecular weight is 315 g/mol. The second kappa shape index (κ2) is 5.46. The maximum atomic E-state index is 12.5. The second-order valence-corrected chi connectivity index (χ2v) is 5.63. The molecule has 23 heavy (non-hydrogen) atoms. The molecule has 0 spiro atoms. The molecular weight excluding hydrogens is 298 g/mol. The fraction of sp³-hybridized carbons (Fsp3) is 0.294. The van der Waals surface area contributed by atoms with Gasteiger partial charge in [0.2, 0.25) is 11.7 Å². The molecule has 1 atom stereocenters. The molecule has 0 fully saturated rings. The predicted octanol–water partition coefficient (Wildman–Crippen LogP) is 2.53. The SMILES string of the molecule is COC(=O)c1ccc(CC2(C)C(=O)Nc3ccc(OC)cc32)o1. The molecule has 3 rings (SSSR count). The molecule has 1 aliphatic rings. The quantitative estimate of drug-likeness (QED) is 0.877. The largest absolute Gasteiger partial charge is 0.497 e. The first-order chi connectivity index (χ1) is 11.0. The number of methoxy groups -OCH3 is 2. The van der Waals surface area contributed by atoms with Crippen LogP contribution in [0.2, 0.25) is 0 Å². The van der Waals surface area contributed by atoms with Crippen LogP contribution in [0.1, 0.15) is 28.8 Å². The number of hydrogen-bond donors (Lipinski definition) is 1. The van der Waals surface area contributed by atoms with Gasteiger partial charge in [-0.05, 0) is 42.8 Å². The zero-order valence-corrected chi connectivity index (χ0v) is 13.1. The number of furan rings is 1. The van der Waals surface area contributed by atoms with Crippen LogP contribution in [-0.2, 0) is 21.4 Å². The molecule has 0 bridgehead atoms. The summed E-state index contributed by atoms with van der Waals surface area (Å²) in [5.74, 6) is 0.686. The van der Waals surface area contributed by atoms with Crippen LogP contribution in [-0.4, -0.2) is 26.1 Å². The lowest BCUT2D eigenvalue weighted by atomic mass is 9.80. The molecule has 120 valence electrons. The summed E-state index contributed by atoms with van der Waals surface area (Å²) in [7, 11) is 2.87. The third kappa shape index (κ3) is 2.46. The Bertz CT molecular complexity index is 779. The molecule has 0 aliphatic carbocycles. The summed E-state index contributed by atoms with van der Waals surface area (Å²) in [6.07, 6.45) is 0.329. The van der Waals surface area contributed by atoms with Crippen molar-refractivity contribution in [2.75, 3.05) is 19.5 Å². The first kappa shape index (κ1) is 15.1. The minimum Gasteiger partial charge on any atom is -0.497 e. The summed E-state index contributed by atoms with van der Waals surface area (Å²) in [5, 5.41) is 2.87. The molecule has 1 N–H and O–H groups in total. The van der Waals surface area contributed by atoms with Crippen LogP contribution in [0.4, 0.5) is 5.69 Å². The summed E-state index contributed by atoms with van der Waals surface area (Å²) in [5.41, 5.74) is 0.811. The van der Waals surface area contributed by atoms with E-state index >= 15 is 0 Å². The van der Waals surface area contributed by atoms with E-state index in [9.17, 15) is 9.59 Å². The van der Waals surface area contributed by atoms with Crippen LogP contribution < -0.4 is 10.1 Å². The monoisotopic (exact) mass is 315 g/mol. The van der Waals surface area contributed by atoms with E-state index in [-0.39, 0.29) is 11.7 Å². The molecule has 2 aromatic rings. The number of ether oxygens (including phenoxy) is 2. The maximum absolute atomic E-state index is 12.5. The van der Waals surface area contributed by atoms with Gasteiger partial charge in [0.15, 0.2) is 0 Å². The van der Waals surface area contributed by atoms with E-state index in [1.807, 2.05) is 19.1 Å². The van der Waals surface area contributed by atoms with E-state index in [0.717, 1.165) is 11.3 Å². The van der Waals surface area contributed by atoms with Crippen molar-refractivity contribution in [2.45, 2.75) is 18.8 Å². The minimum atomic E-state index is -0.797. The van der Waals surface area contributed by atoms with Gasteiger partial charge in [0.05, 0.1) is 19.6 Å². The first-order valence-corrected chi connectivity index (χ1v) is 7.15. The Labute approximate surface area is 133 Å². The highest BCUT2D eigenvalue weighted by molar-refractivity contribution is 6.06. The molecule has 1 amide bonds. The number of esters is 1. The Morgan fingerprint density at radius 3 is 2.74 bits per heavy atom. The van der Waals surface area contributed by atoms with Crippen LogP contribution in [0, 0.1) is 0 Å². The van der Waals surface area contributed by atoms with Crippen molar-refractivity contribution >= 4 is 17.6 Å². The van der Waals surface area contributed by atoms with Gasteiger partial charge < -0.3 is 19.2 Å². The van der Waals surface area contributed by atoms with E-state index in [1.54, 1.807) is 25.3 Å². The van der Waals surface area contributed by atoms with Gasteiger partial charge >= 0.3 is 5.97 Å². The number of nitrogens with one attached hydrogen (secondary N) is 1. The van der Waals surface area contributed by atoms with Crippen molar-refractivity contribution in [1.82, 2.24) is 0 Å². The number of fused-ring (bicyclic) bond motifs is 1. The van der Waals surface area contributed by atoms with E-state index in [0.29, 0.717) is 17.9 Å². The van der Waals surface area contributed by atoms with Crippen molar-refractivity contribution in [1.29, 1.82) is 0 Å². The molecule has 1 aromatic carbocycles. The molecule has 0 saturated heterocycles. The van der Waals surface area contributed by atoms with E-state index < -0.39 is 11.4 Å². The first-order valence-electron chi connectivity index (χ1n) is 7.15. The molecular formula is C17H17NO5. The third-order valence-corrected chi connectivity index (χ3v) is 4.15. The second-order valence-electron chi connectivity index (χ2n) is 5.63. The van der Waals surface area contributed by atoms with Gasteiger partial charge in [0, 0.05) is 12.1 Å². The Morgan fingerprint density at radius 1 is 1.26 bits per heavy atom. The number of benzene rings is 1. The minimum absolute atomic E-state index is 0.114. The average Bonchev–Trinajstić information content (AvgIpc) is 3.10. The smallest absolute Gasteiger partial charge is 0.373 e. The predicted molar refractivity (Wildman–Crippen MR) is 82.7 cm³/mol. The van der Waals surface area contributed by atoms with Gasteiger partial charge in [-0.1, -0.05) is 0 Å². The van der Waals surface area contributed by atoms with Crippen LogP contribution in [0.15, 0.2) is 34.7 Å². The highest BCUT2D eigenvalue weighted by Gasteiger charge is 2.43. The van der Waals surface area contributed by atoms with Crippen molar-refractivity contribution in [3.63, 3.8) is 0 Å². The fourth-order valence-corrected chi connectivity index (χ4v) is 2.81. The number of amides is 1. The van der Waals surface area contributed by atoms with E-state index in [2.05, 4.69) is 10.1 Å². The Balaban J connectivity index is 1.94. The lowest BCUT2D eigenvalue weighted by Crippen LogP contribution is -2.33. The highest BCUT2D eigenvalue weighted by Crippen LogP contribution is 2.41. The topological polar surface area (TPSA) is 77.8 Å². The molecule has 6 nitrogen and oxygen atoms in total.